The third-order valence-electron chi connectivity index (χ3n) is 4.28. The molecule has 0 aliphatic rings. The van der Waals surface area contributed by atoms with Gasteiger partial charge in [-0.1, -0.05) is 0 Å². The molecule has 0 saturated heterocycles. The van der Waals surface area contributed by atoms with E-state index in [-0.39, 0.29) is 0 Å². The van der Waals surface area contributed by atoms with Crippen LogP contribution in [-0.4, -0.2) is 92.8 Å². The third kappa shape index (κ3) is 12.3. The highest BCUT2D eigenvalue weighted by Crippen LogP contribution is 1.89. The summed E-state index contributed by atoms with van der Waals surface area (Å²) in [4.78, 5) is 73.0. The number of esters is 3. The molecule has 216 valence electrons. The second-order valence-electron chi connectivity index (χ2n) is 6.86. The van der Waals surface area contributed by atoms with Crippen LogP contribution in [0.25, 0.3) is 0 Å². The van der Waals surface area contributed by atoms with Crippen molar-refractivity contribution in [3.8, 4) is 0 Å². The fraction of sp³-hybridized carbons (Fsp3) is 0.500. The van der Waals surface area contributed by atoms with Gasteiger partial charge in [0.05, 0.1) is 38.9 Å². The van der Waals surface area contributed by atoms with Crippen molar-refractivity contribution in [2.75, 3.05) is 19.8 Å². The number of rotatable bonds is 15. The fourth-order valence-electron chi connectivity index (χ4n) is 2.59. The predicted molar refractivity (Wildman–Crippen MR) is 131 cm³/mol. The molecule has 0 fully saturated rings. The monoisotopic (exact) mass is 615 g/mol. The number of ether oxygens (including phenoxy) is 3. The van der Waals surface area contributed by atoms with Gasteiger partial charge in [0, 0.05) is 16.1 Å². The number of nitrogens with zero attached hydrogens (tertiary/aromatic N) is 3. The topological polar surface area (TPSA) is 247 Å². The van der Waals surface area contributed by atoms with Crippen LogP contribution in [0.15, 0.2) is 14.4 Å². The first-order chi connectivity index (χ1) is 18.3. The number of aromatic nitrogens is 3. The van der Waals surface area contributed by atoms with Gasteiger partial charge < -0.3 is 14.2 Å². The average Bonchev–Trinajstić information content (AvgIpc) is 2.86. The highest BCUT2D eigenvalue weighted by molar-refractivity contribution is 7.71. The summed E-state index contributed by atoms with van der Waals surface area (Å²) < 4.78 is 78.6. The molecule has 1 rings (SSSR count). The van der Waals surface area contributed by atoms with E-state index in [9.17, 15) is 54.0 Å². The number of hydrogen-bond acceptors (Lipinski definition) is 15. The van der Waals surface area contributed by atoms with Crippen LogP contribution in [-0.2, 0) is 79.1 Å². The van der Waals surface area contributed by atoms with E-state index >= 15 is 0 Å². The van der Waals surface area contributed by atoms with Crippen LogP contribution >= 0.6 is 0 Å². The summed E-state index contributed by atoms with van der Waals surface area (Å²) in [6.45, 7) is -3.51. The van der Waals surface area contributed by atoms with E-state index in [1.54, 1.807) is 0 Å². The summed E-state index contributed by atoms with van der Waals surface area (Å²) >= 11 is 0. The minimum atomic E-state index is -2.62. The zero-order valence-corrected chi connectivity index (χ0v) is 22.2. The molecular weight excluding hydrogens is 594 g/mol. The standard InChI is InChI=1S/C18H21N3O15S3/c22-13(1-10-37(28)29)34-7-4-19-16(25)20(5-8-35-14(23)2-11-38(30)31)18(27)21(17(19)26)6-9-36-15(24)3-12-39(32)33/h10-12H,1-9H2. The average molecular weight is 616 g/mol. The second kappa shape index (κ2) is 16.7. The summed E-state index contributed by atoms with van der Waals surface area (Å²) in [6.07, 6.45) is -1.83. The van der Waals surface area contributed by atoms with E-state index in [1.165, 1.54) is 0 Å². The van der Waals surface area contributed by atoms with E-state index < -0.39 is 125 Å². The van der Waals surface area contributed by atoms with Crippen LogP contribution in [0.1, 0.15) is 19.3 Å². The lowest BCUT2D eigenvalue weighted by molar-refractivity contribution is -0.143. The summed E-state index contributed by atoms with van der Waals surface area (Å²) in [5, 5.41) is 1.84. The van der Waals surface area contributed by atoms with E-state index in [2.05, 4.69) is 0 Å². The van der Waals surface area contributed by atoms with Crippen LogP contribution in [0.5, 0.6) is 0 Å². The number of carbonyl (C=O) groups excluding carboxylic acids is 3. The Bertz CT molecular complexity index is 1440. The largest absolute Gasteiger partial charge is 0.464 e. The molecule has 0 amide bonds. The van der Waals surface area contributed by atoms with Crippen LogP contribution < -0.4 is 17.1 Å². The number of hydrogen-bond donors (Lipinski definition) is 0. The molecule has 0 unspecified atom stereocenters. The lowest BCUT2D eigenvalue weighted by atomic mass is 10.5. The molecule has 1 aromatic heterocycles. The van der Waals surface area contributed by atoms with Gasteiger partial charge in [-0.05, 0) is 0 Å². The summed E-state index contributed by atoms with van der Waals surface area (Å²) in [5.74, 6) is -2.98. The van der Waals surface area contributed by atoms with E-state index in [0.717, 1.165) is 0 Å². The molecular formula is C18H21N3O15S3. The molecule has 0 saturated carbocycles. The molecule has 18 nitrogen and oxygen atoms in total. The molecule has 0 aromatic carbocycles. The summed E-state index contributed by atoms with van der Waals surface area (Å²) in [5.41, 5.74) is -3.59. The Labute approximate surface area is 222 Å². The fourth-order valence-corrected chi connectivity index (χ4v) is 3.41. The van der Waals surface area contributed by atoms with Gasteiger partial charge >= 0.3 is 35.0 Å². The van der Waals surface area contributed by atoms with Crippen molar-refractivity contribution < 1.29 is 53.8 Å². The van der Waals surface area contributed by atoms with Gasteiger partial charge in [-0.15, -0.1) is 0 Å². The van der Waals surface area contributed by atoms with Gasteiger partial charge in [0.25, 0.3) is 0 Å². The number of carbonyl (C=O) groups is 3. The molecule has 0 aliphatic heterocycles. The molecule has 21 heteroatoms. The Hall–Kier alpha value is -4.11. The Morgan fingerprint density at radius 2 is 0.744 bits per heavy atom. The van der Waals surface area contributed by atoms with Crippen molar-refractivity contribution in [3.63, 3.8) is 0 Å². The molecule has 0 radical (unpaired) electrons. The Morgan fingerprint density at radius 1 is 0.513 bits per heavy atom. The maximum absolute atomic E-state index is 12.8. The molecule has 0 spiro atoms. The molecule has 0 bridgehead atoms. The first-order valence-corrected chi connectivity index (χ1v) is 13.9. The van der Waals surface area contributed by atoms with Crippen LogP contribution in [0.2, 0.25) is 0 Å². The minimum Gasteiger partial charge on any atom is -0.464 e. The Kier molecular flexibility index (Phi) is 14.1. The maximum atomic E-state index is 12.8. The van der Waals surface area contributed by atoms with Crippen molar-refractivity contribution in [1.29, 1.82) is 0 Å². The third-order valence-corrected chi connectivity index (χ3v) is 5.59. The van der Waals surface area contributed by atoms with E-state index in [1.807, 2.05) is 0 Å². The van der Waals surface area contributed by atoms with E-state index in [4.69, 9.17) is 14.2 Å². The van der Waals surface area contributed by atoms with Crippen molar-refractivity contribution in [3.05, 3.63) is 31.5 Å². The first kappa shape index (κ1) is 32.9. The molecule has 0 aliphatic carbocycles. The van der Waals surface area contributed by atoms with Gasteiger partial charge in [0.1, 0.15) is 19.8 Å². The molecule has 39 heavy (non-hydrogen) atoms. The highest BCUT2D eigenvalue weighted by atomic mass is 32.2. The zero-order chi connectivity index (χ0) is 29.5. The van der Waals surface area contributed by atoms with Crippen molar-refractivity contribution in [2.45, 2.75) is 38.9 Å². The van der Waals surface area contributed by atoms with Gasteiger partial charge in [-0.3, -0.25) is 14.4 Å². The lowest BCUT2D eigenvalue weighted by Gasteiger charge is -2.14. The summed E-state index contributed by atoms with van der Waals surface area (Å²) in [7, 11) is -7.87. The van der Waals surface area contributed by atoms with Gasteiger partial charge in [-0.2, -0.15) is 25.3 Å². The van der Waals surface area contributed by atoms with Crippen molar-refractivity contribution in [1.82, 2.24) is 13.7 Å². The minimum absolute atomic E-state index is 0.483. The highest BCUT2D eigenvalue weighted by Gasteiger charge is 2.17. The van der Waals surface area contributed by atoms with E-state index in [0.29, 0.717) is 29.8 Å². The van der Waals surface area contributed by atoms with Gasteiger partial charge in [0.15, 0.2) is 0 Å². The molecule has 0 N–H and O–H groups in total. The smallest absolute Gasteiger partial charge is 0.336 e. The van der Waals surface area contributed by atoms with Crippen LogP contribution in [0, 0.1) is 0 Å². The van der Waals surface area contributed by atoms with Gasteiger partial charge in [0.2, 0.25) is 30.9 Å². The molecule has 1 heterocycles. The zero-order valence-electron chi connectivity index (χ0n) is 19.8. The predicted octanol–water partition coefficient (Wildman–Crippen LogP) is -4.98. The normalized spacial score (nSPS) is 10.2. The quantitative estimate of drug-likeness (QED) is 0.102. The molecule has 1 aromatic rings. The summed E-state index contributed by atoms with van der Waals surface area (Å²) in [6, 6.07) is 0. The van der Waals surface area contributed by atoms with Crippen molar-refractivity contribution in [2.24, 2.45) is 0 Å². The lowest BCUT2D eigenvalue weighted by Crippen LogP contribution is -2.55. The first-order valence-electron chi connectivity index (χ1n) is 10.5. The van der Waals surface area contributed by atoms with Gasteiger partial charge in [-0.25, -0.2) is 28.1 Å². The van der Waals surface area contributed by atoms with Crippen molar-refractivity contribution >= 4 is 64.9 Å². The second-order valence-corrected chi connectivity index (χ2v) is 9.42. The Balaban J connectivity index is 3.18. The molecule has 0 atom stereocenters. The maximum Gasteiger partial charge on any atom is 0.336 e. The Morgan fingerprint density at radius 3 is 0.949 bits per heavy atom. The SMILES string of the molecule is O=C(CC=S(=O)=O)OCCn1c(=O)n(CCOC(=O)CC=S(=O)=O)c(=O)n(CCOC(=O)CC=S(=O)=O)c1=O. The van der Waals surface area contributed by atoms with Crippen LogP contribution in [0.3, 0.4) is 0 Å². The van der Waals surface area contributed by atoms with Crippen LogP contribution in [0.4, 0.5) is 0 Å².